The molecule has 1 aliphatic rings. The van der Waals surface area contributed by atoms with Crippen LogP contribution in [0, 0.1) is 0 Å². The molecule has 1 atom stereocenters. The van der Waals surface area contributed by atoms with E-state index in [0.29, 0.717) is 0 Å². The molecular weight excluding hydrogens is 156 g/mol. The fraction of sp³-hybridized carbons (Fsp3) is 0.778. The molecule has 0 aliphatic carbocycles. The summed E-state index contributed by atoms with van der Waals surface area (Å²) >= 11 is 2.04. The first kappa shape index (κ1) is 8.98. The van der Waals surface area contributed by atoms with Gasteiger partial charge in [0.1, 0.15) is 0 Å². The molecule has 1 fully saturated rings. The van der Waals surface area contributed by atoms with Crippen molar-refractivity contribution in [1.82, 2.24) is 0 Å². The lowest BCUT2D eigenvalue weighted by Gasteiger charge is -2.07. The van der Waals surface area contributed by atoms with Crippen LogP contribution in [0.1, 0.15) is 26.7 Å². The minimum atomic E-state index is 0.755. The molecule has 1 saturated heterocycles. The molecule has 11 heavy (non-hydrogen) atoms. The van der Waals surface area contributed by atoms with Crippen molar-refractivity contribution in [3.63, 3.8) is 0 Å². The highest BCUT2D eigenvalue weighted by molar-refractivity contribution is 8.00. The van der Waals surface area contributed by atoms with Crippen LogP contribution in [-0.2, 0) is 4.74 Å². The zero-order valence-electron chi connectivity index (χ0n) is 7.30. The van der Waals surface area contributed by atoms with Crippen molar-refractivity contribution in [3.8, 4) is 0 Å². The Morgan fingerprint density at radius 1 is 1.64 bits per heavy atom. The van der Waals surface area contributed by atoms with E-state index in [-0.39, 0.29) is 0 Å². The standard InChI is InChI=1S/C9H16OS/c1-8(2)6-10-7-9-4-3-5-11-9/h6,9H,3-5,7H2,1-2H3. The lowest BCUT2D eigenvalue weighted by Crippen LogP contribution is -2.04. The van der Waals surface area contributed by atoms with Gasteiger partial charge in [0.15, 0.2) is 0 Å². The first-order valence-corrected chi connectivity index (χ1v) is 5.20. The van der Waals surface area contributed by atoms with Gasteiger partial charge in [-0.25, -0.2) is 0 Å². The van der Waals surface area contributed by atoms with Gasteiger partial charge in [-0.2, -0.15) is 11.8 Å². The van der Waals surface area contributed by atoms with Crippen LogP contribution in [0.15, 0.2) is 11.8 Å². The highest BCUT2D eigenvalue weighted by Crippen LogP contribution is 2.26. The highest BCUT2D eigenvalue weighted by Gasteiger charge is 2.14. The zero-order chi connectivity index (χ0) is 8.10. The normalized spacial score (nSPS) is 23.3. The van der Waals surface area contributed by atoms with Gasteiger partial charge in [-0.1, -0.05) is 0 Å². The van der Waals surface area contributed by atoms with Crippen LogP contribution in [0.2, 0.25) is 0 Å². The maximum atomic E-state index is 5.40. The average molecular weight is 172 g/mol. The molecule has 0 spiro atoms. The second-order valence-electron chi connectivity index (χ2n) is 3.16. The average Bonchev–Trinajstić information content (AvgIpc) is 2.39. The summed E-state index contributed by atoms with van der Waals surface area (Å²) in [7, 11) is 0. The van der Waals surface area contributed by atoms with Crippen LogP contribution in [0.5, 0.6) is 0 Å². The van der Waals surface area contributed by atoms with Gasteiger partial charge in [0.2, 0.25) is 0 Å². The third-order valence-electron chi connectivity index (χ3n) is 1.63. The Balaban J connectivity index is 2.07. The topological polar surface area (TPSA) is 9.23 Å². The number of hydrogen-bond donors (Lipinski definition) is 0. The van der Waals surface area contributed by atoms with Crippen molar-refractivity contribution >= 4 is 11.8 Å². The molecular formula is C9H16OS. The van der Waals surface area contributed by atoms with Gasteiger partial charge in [-0.05, 0) is 38.0 Å². The molecule has 1 aliphatic heterocycles. The largest absolute Gasteiger partial charge is 0.500 e. The second kappa shape index (κ2) is 4.70. The summed E-state index contributed by atoms with van der Waals surface area (Å²) in [4.78, 5) is 0. The molecule has 1 rings (SSSR count). The first-order valence-electron chi connectivity index (χ1n) is 4.15. The maximum Gasteiger partial charge on any atom is 0.0991 e. The predicted molar refractivity (Wildman–Crippen MR) is 50.9 cm³/mol. The van der Waals surface area contributed by atoms with E-state index in [9.17, 15) is 0 Å². The Labute approximate surface area is 73.2 Å². The third-order valence-corrected chi connectivity index (χ3v) is 2.99. The van der Waals surface area contributed by atoms with Crippen molar-refractivity contribution in [1.29, 1.82) is 0 Å². The monoisotopic (exact) mass is 172 g/mol. The number of ether oxygens (including phenoxy) is 1. The SMILES string of the molecule is CC(C)=COCC1CCCS1. The van der Waals surface area contributed by atoms with Gasteiger partial charge in [0, 0.05) is 5.25 Å². The molecule has 64 valence electrons. The Kier molecular flexibility index (Phi) is 3.84. The van der Waals surface area contributed by atoms with E-state index in [1.807, 2.05) is 18.0 Å². The van der Waals surface area contributed by atoms with Gasteiger partial charge < -0.3 is 4.74 Å². The maximum absolute atomic E-state index is 5.40. The summed E-state index contributed by atoms with van der Waals surface area (Å²) in [5.41, 5.74) is 1.24. The van der Waals surface area contributed by atoms with Crippen molar-refractivity contribution in [2.45, 2.75) is 31.9 Å². The van der Waals surface area contributed by atoms with Gasteiger partial charge >= 0.3 is 0 Å². The van der Waals surface area contributed by atoms with Crippen LogP contribution in [0.25, 0.3) is 0 Å². The number of thioether (sulfide) groups is 1. The van der Waals surface area contributed by atoms with Crippen LogP contribution in [0.4, 0.5) is 0 Å². The Bertz CT molecular complexity index is 132. The number of hydrogen-bond acceptors (Lipinski definition) is 2. The lowest BCUT2D eigenvalue weighted by atomic mass is 10.3. The molecule has 0 saturated carbocycles. The summed E-state index contributed by atoms with van der Waals surface area (Å²) in [6, 6.07) is 0. The second-order valence-corrected chi connectivity index (χ2v) is 4.57. The van der Waals surface area contributed by atoms with E-state index in [2.05, 4.69) is 13.8 Å². The molecule has 0 amide bonds. The molecule has 2 heteroatoms. The Hall–Kier alpha value is -0.110. The van der Waals surface area contributed by atoms with Gasteiger partial charge in [-0.3, -0.25) is 0 Å². The van der Waals surface area contributed by atoms with Crippen LogP contribution < -0.4 is 0 Å². The van der Waals surface area contributed by atoms with Crippen molar-refractivity contribution in [2.24, 2.45) is 0 Å². The third kappa shape index (κ3) is 3.71. The summed E-state index contributed by atoms with van der Waals surface area (Å²) in [6.45, 7) is 5.01. The van der Waals surface area contributed by atoms with E-state index in [1.54, 1.807) is 0 Å². The Morgan fingerprint density at radius 2 is 2.45 bits per heavy atom. The molecule has 0 radical (unpaired) electrons. The molecule has 0 aromatic rings. The van der Waals surface area contributed by atoms with Gasteiger partial charge in [0.05, 0.1) is 12.9 Å². The van der Waals surface area contributed by atoms with Gasteiger partial charge in [0.25, 0.3) is 0 Å². The van der Waals surface area contributed by atoms with E-state index in [1.165, 1.54) is 24.2 Å². The molecule has 1 unspecified atom stereocenters. The zero-order valence-corrected chi connectivity index (χ0v) is 8.12. The fourth-order valence-corrected chi connectivity index (χ4v) is 2.27. The van der Waals surface area contributed by atoms with Crippen molar-refractivity contribution < 1.29 is 4.74 Å². The molecule has 0 bridgehead atoms. The van der Waals surface area contributed by atoms with Crippen LogP contribution >= 0.6 is 11.8 Å². The van der Waals surface area contributed by atoms with Crippen molar-refractivity contribution in [3.05, 3.63) is 11.8 Å². The van der Waals surface area contributed by atoms with E-state index >= 15 is 0 Å². The van der Waals surface area contributed by atoms with Crippen LogP contribution in [0.3, 0.4) is 0 Å². The summed E-state index contributed by atoms with van der Waals surface area (Å²) < 4.78 is 5.40. The quantitative estimate of drug-likeness (QED) is 0.605. The highest BCUT2D eigenvalue weighted by atomic mass is 32.2. The molecule has 0 aromatic carbocycles. The fourth-order valence-electron chi connectivity index (χ4n) is 1.10. The lowest BCUT2D eigenvalue weighted by molar-refractivity contribution is 0.246. The molecule has 1 nitrogen and oxygen atoms in total. The molecule has 0 aromatic heterocycles. The summed E-state index contributed by atoms with van der Waals surface area (Å²) in [5, 5.41) is 0.755. The minimum absolute atomic E-state index is 0.755. The first-order chi connectivity index (χ1) is 5.29. The summed E-state index contributed by atoms with van der Waals surface area (Å²) in [5.74, 6) is 1.32. The van der Waals surface area contributed by atoms with E-state index in [4.69, 9.17) is 4.74 Å². The number of rotatable bonds is 3. The summed E-state index contributed by atoms with van der Waals surface area (Å²) in [6.07, 6.45) is 4.56. The predicted octanol–water partition coefficient (Wildman–Crippen LogP) is 2.82. The molecule has 1 heterocycles. The van der Waals surface area contributed by atoms with Gasteiger partial charge in [-0.15, -0.1) is 0 Å². The smallest absolute Gasteiger partial charge is 0.0991 e. The van der Waals surface area contributed by atoms with E-state index in [0.717, 1.165) is 11.9 Å². The van der Waals surface area contributed by atoms with Crippen LogP contribution in [-0.4, -0.2) is 17.6 Å². The van der Waals surface area contributed by atoms with E-state index < -0.39 is 0 Å². The molecule has 0 N–H and O–H groups in total. The minimum Gasteiger partial charge on any atom is -0.500 e. The number of allylic oxidation sites excluding steroid dienone is 1. The Morgan fingerprint density at radius 3 is 3.00 bits per heavy atom. The van der Waals surface area contributed by atoms with Crippen molar-refractivity contribution in [2.75, 3.05) is 12.4 Å².